The van der Waals surface area contributed by atoms with E-state index < -0.39 is 66.2 Å². The predicted octanol–water partition coefficient (Wildman–Crippen LogP) is 1.03. The van der Waals surface area contributed by atoms with Gasteiger partial charge in [0.2, 0.25) is 5.60 Å². The summed E-state index contributed by atoms with van der Waals surface area (Å²) in [5.41, 5.74) is -1.73. The lowest BCUT2D eigenvalue weighted by Gasteiger charge is -2.41. The fourth-order valence-electron chi connectivity index (χ4n) is 3.68. The van der Waals surface area contributed by atoms with E-state index in [1.807, 2.05) is 0 Å². The molecule has 0 bridgehead atoms. The number of aromatic hydroxyl groups is 4. The predicted molar refractivity (Wildman–Crippen MR) is 125 cm³/mol. The van der Waals surface area contributed by atoms with Gasteiger partial charge in [-0.25, -0.2) is 14.4 Å². The van der Waals surface area contributed by atoms with Crippen molar-refractivity contribution >= 4 is 30.1 Å². The number of carboxylic acid groups (broad SMARTS) is 1. The molecule has 0 radical (unpaired) electrons. The summed E-state index contributed by atoms with van der Waals surface area (Å²) in [5, 5.41) is 68.0. The molecule has 0 aromatic heterocycles. The number of esters is 2. The lowest BCUT2D eigenvalue weighted by atomic mass is 9.79. The first-order chi connectivity index (χ1) is 17.4. The Labute approximate surface area is 209 Å². The number of carbonyl (C=O) groups is 3. The number of ether oxygens (including phenoxy) is 2. The summed E-state index contributed by atoms with van der Waals surface area (Å²) in [5.74, 6) is -5.41. The van der Waals surface area contributed by atoms with E-state index in [4.69, 9.17) is 9.47 Å². The van der Waals surface area contributed by atoms with Crippen molar-refractivity contribution in [3.63, 3.8) is 0 Å². The van der Waals surface area contributed by atoms with Gasteiger partial charge in [-0.2, -0.15) is 0 Å². The molecular weight excluding hydrogens is 492 g/mol. The number of hydrogen-bond donors (Lipinski definition) is 7. The zero-order valence-electron chi connectivity index (χ0n) is 19.1. The van der Waals surface area contributed by atoms with E-state index in [1.165, 1.54) is 42.5 Å². The van der Waals surface area contributed by atoms with Crippen LogP contribution in [0.25, 0.3) is 12.2 Å². The lowest BCUT2D eigenvalue weighted by molar-refractivity contribution is -0.207. The SMILES string of the molecule is O=C(C=Cc1ccc(O)c(O)c1)O[C@H]1C[C@](OC(=O)C=Cc2ccc(O)c(O)c2)(C(=O)O)C[C@@H](O)[C@H]1O. The van der Waals surface area contributed by atoms with E-state index in [2.05, 4.69) is 0 Å². The monoisotopic (exact) mass is 516 g/mol. The highest BCUT2D eigenvalue weighted by molar-refractivity contribution is 5.91. The average Bonchev–Trinajstić information content (AvgIpc) is 2.83. The molecule has 0 aliphatic heterocycles. The Morgan fingerprint density at radius 3 is 1.78 bits per heavy atom. The van der Waals surface area contributed by atoms with Crippen LogP contribution < -0.4 is 0 Å². The Morgan fingerprint density at radius 2 is 1.30 bits per heavy atom. The Bertz CT molecular complexity index is 1250. The average molecular weight is 516 g/mol. The molecule has 2 aromatic carbocycles. The maximum Gasteiger partial charge on any atom is 0.348 e. The molecule has 12 heteroatoms. The molecule has 3 rings (SSSR count). The zero-order chi connectivity index (χ0) is 27.3. The summed E-state index contributed by atoms with van der Waals surface area (Å²) in [6, 6.07) is 7.44. The number of phenols is 4. The Balaban J connectivity index is 1.73. The fraction of sp³-hybridized carbons (Fsp3) is 0.240. The van der Waals surface area contributed by atoms with Crippen LogP contribution in [0.2, 0.25) is 0 Å². The largest absolute Gasteiger partial charge is 0.504 e. The van der Waals surface area contributed by atoms with Gasteiger partial charge in [0.25, 0.3) is 0 Å². The second kappa shape index (κ2) is 11.0. The zero-order valence-corrected chi connectivity index (χ0v) is 19.1. The molecule has 1 aliphatic carbocycles. The summed E-state index contributed by atoms with van der Waals surface area (Å²) in [7, 11) is 0. The van der Waals surface area contributed by atoms with Crippen molar-refractivity contribution in [1.29, 1.82) is 0 Å². The third-order valence-corrected chi connectivity index (χ3v) is 5.62. The highest BCUT2D eigenvalue weighted by Crippen LogP contribution is 2.35. The molecule has 12 nitrogen and oxygen atoms in total. The van der Waals surface area contributed by atoms with Crippen LogP contribution in [-0.2, 0) is 23.9 Å². The second-order valence-electron chi connectivity index (χ2n) is 8.33. The standard InChI is InChI=1S/C25H24O12/c26-15-5-1-13(9-17(15)28)3-7-21(31)36-20-12-25(24(34)35,11-19(30)23(20)33)37-22(32)8-4-14-2-6-16(27)18(29)10-14/h1-10,19-20,23,26-30,33H,11-12H2,(H,34,35)/t19-,20+,23-,25+/m1/s1. The molecule has 0 spiro atoms. The number of phenolic OH excluding ortho intramolecular Hbond substituents is 4. The molecule has 1 fully saturated rings. The number of carbonyl (C=O) groups excluding carboxylic acids is 2. The van der Waals surface area contributed by atoms with Crippen molar-refractivity contribution in [3.8, 4) is 23.0 Å². The van der Waals surface area contributed by atoms with Gasteiger partial charge in [-0.1, -0.05) is 12.1 Å². The molecule has 4 atom stereocenters. The van der Waals surface area contributed by atoms with E-state index in [9.17, 15) is 50.1 Å². The number of carboxylic acids is 1. The second-order valence-corrected chi connectivity index (χ2v) is 8.33. The van der Waals surface area contributed by atoms with Crippen molar-refractivity contribution in [2.75, 3.05) is 0 Å². The maximum absolute atomic E-state index is 12.4. The van der Waals surface area contributed by atoms with Crippen LogP contribution in [0.15, 0.2) is 48.6 Å². The molecular formula is C25H24O12. The van der Waals surface area contributed by atoms with E-state index >= 15 is 0 Å². The van der Waals surface area contributed by atoms with Gasteiger partial charge >= 0.3 is 17.9 Å². The molecule has 1 saturated carbocycles. The van der Waals surface area contributed by atoms with Crippen molar-refractivity contribution in [3.05, 3.63) is 59.7 Å². The first-order valence-electron chi connectivity index (χ1n) is 10.8. The number of aliphatic hydroxyl groups excluding tert-OH is 2. The van der Waals surface area contributed by atoms with Crippen LogP contribution in [0.3, 0.4) is 0 Å². The summed E-state index contributed by atoms with van der Waals surface area (Å²) in [6.07, 6.45) is -2.09. The van der Waals surface area contributed by atoms with Crippen LogP contribution in [0.1, 0.15) is 24.0 Å². The van der Waals surface area contributed by atoms with Crippen LogP contribution in [0.5, 0.6) is 23.0 Å². The molecule has 0 amide bonds. The number of benzene rings is 2. The van der Waals surface area contributed by atoms with Crippen LogP contribution >= 0.6 is 0 Å². The van der Waals surface area contributed by atoms with E-state index in [1.54, 1.807) is 0 Å². The Kier molecular flexibility index (Phi) is 8.05. The van der Waals surface area contributed by atoms with Crippen molar-refractivity contribution < 1.29 is 59.6 Å². The maximum atomic E-state index is 12.4. The topological polar surface area (TPSA) is 211 Å². The van der Waals surface area contributed by atoms with Crippen LogP contribution in [0.4, 0.5) is 0 Å². The Hall–Kier alpha value is -4.55. The van der Waals surface area contributed by atoms with E-state index in [-0.39, 0.29) is 17.1 Å². The number of rotatable bonds is 7. The highest BCUT2D eigenvalue weighted by atomic mass is 16.6. The van der Waals surface area contributed by atoms with Crippen molar-refractivity contribution in [2.24, 2.45) is 0 Å². The number of aliphatic hydroxyl groups is 2. The molecule has 0 unspecified atom stereocenters. The minimum atomic E-state index is -2.34. The van der Waals surface area contributed by atoms with Gasteiger partial charge in [0, 0.05) is 25.0 Å². The van der Waals surface area contributed by atoms with E-state index in [0.717, 1.165) is 18.2 Å². The molecule has 2 aromatic rings. The number of aliphatic carboxylic acids is 1. The first kappa shape index (κ1) is 27.0. The minimum absolute atomic E-state index is 0.288. The Morgan fingerprint density at radius 1 is 0.784 bits per heavy atom. The van der Waals surface area contributed by atoms with Crippen LogP contribution in [-0.4, -0.2) is 77.6 Å². The quantitative estimate of drug-likeness (QED) is 0.156. The van der Waals surface area contributed by atoms with Gasteiger partial charge in [-0.3, -0.25) is 0 Å². The fourth-order valence-corrected chi connectivity index (χ4v) is 3.68. The van der Waals surface area contributed by atoms with Crippen LogP contribution in [0, 0.1) is 0 Å². The highest BCUT2D eigenvalue weighted by Gasteiger charge is 2.54. The number of hydrogen-bond acceptors (Lipinski definition) is 11. The molecule has 1 aliphatic rings. The molecule has 37 heavy (non-hydrogen) atoms. The van der Waals surface area contributed by atoms with Gasteiger partial charge in [0.05, 0.1) is 6.10 Å². The van der Waals surface area contributed by atoms with Gasteiger partial charge in [-0.05, 0) is 47.5 Å². The molecule has 0 saturated heterocycles. The van der Waals surface area contributed by atoms with Gasteiger partial charge < -0.3 is 45.2 Å². The van der Waals surface area contributed by atoms with Crippen molar-refractivity contribution in [2.45, 2.75) is 36.8 Å². The normalized spacial score (nSPS) is 23.7. The summed E-state index contributed by atoms with van der Waals surface area (Å²) in [4.78, 5) is 36.7. The summed E-state index contributed by atoms with van der Waals surface area (Å²) in [6.45, 7) is 0. The molecule has 196 valence electrons. The molecule has 0 heterocycles. The third kappa shape index (κ3) is 6.57. The minimum Gasteiger partial charge on any atom is -0.504 e. The van der Waals surface area contributed by atoms with Gasteiger partial charge in [0.1, 0.15) is 12.2 Å². The lowest BCUT2D eigenvalue weighted by Crippen LogP contribution is -2.58. The molecule has 7 N–H and O–H groups in total. The van der Waals surface area contributed by atoms with Gasteiger partial charge in [-0.15, -0.1) is 0 Å². The van der Waals surface area contributed by atoms with Crippen molar-refractivity contribution in [1.82, 2.24) is 0 Å². The third-order valence-electron chi connectivity index (χ3n) is 5.62. The summed E-state index contributed by atoms with van der Waals surface area (Å²) < 4.78 is 10.2. The van der Waals surface area contributed by atoms with Gasteiger partial charge in [0.15, 0.2) is 23.0 Å². The van der Waals surface area contributed by atoms with E-state index in [0.29, 0.717) is 5.56 Å². The smallest absolute Gasteiger partial charge is 0.348 e. The summed E-state index contributed by atoms with van der Waals surface area (Å²) >= 11 is 0. The first-order valence-corrected chi connectivity index (χ1v) is 10.8.